The highest BCUT2D eigenvalue weighted by molar-refractivity contribution is 6.62. The number of benzene rings is 1. The van der Waals surface area contributed by atoms with E-state index < -0.39 is 0 Å². The van der Waals surface area contributed by atoms with Crippen LogP contribution in [0.4, 0.5) is 0 Å². The van der Waals surface area contributed by atoms with Crippen molar-refractivity contribution in [1.82, 2.24) is 0 Å². The first kappa shape index (κ1) is 16.3. The summed E-state index contributed by atoms with van der Waals surface area (Å²) in [5, 5.41) is 0. The first-order valence-electron chi connectivity index (χ1n) is 7.43. The van der Waals surface area contributed by atoms with Gasteiger partial charge in [-0.2, -0.15) is 0 Å². The maximum atomic E-state index is 6.02. The van der Waals surface area contributed by atoms with E-state index in [4.69, 9.17) is 18.8 Å². The maximum Gasteiger partial charge on any atom is 0.494 e. The van der Waals surface area contributed by atoms with Crippen LogP contribution in [0.15, 0.2) is 24.3 Å². The summed E-state index contributed by atoms with van der Waals surface area (Å²) < 4.78 is 22.7. The van der Waals surface area contributed by atoms with Gasteiger partial charge in [0.2, 0.25) is 0 Å². The van der Waals surface area contributed by atoms with Crippen LogP contribution in [0, 0.1) is 0 Å². The Hall–Kier alpha value is -1.04. The Bertz CT molecular complexity index is 440. The van der Waals surface area contributed by atoms with Crippen LogP contribution in [-0.2, 0) is 14.0 Å². The van der Waals surface area contributed by atoms with Gasteiger partial charge in [-0.05, 0) is 45.3 Å². The molecule has 5 heteroatoms. The van der Waals surface area contributed by atoms with Gasteiger partial charge in [0.15, 0.2) is 0 Å². The number of rotatable bonds is 6. The standard InChI is InChI=1S/C16H25BO4/c1-15(2)16(3,4)21-17(20-15)13-7-9-14(10-8-13)19-12-6-11-18-5/h7-10H,6,11-12H2,1-5H3. The highest BCUT2D eigenvalue weighted by atomic mass is 16.7. The molecule has 1 aromatic carbocycles. The maximum absolute atomic E-state index is 6.02. The van der Waals surface area contributed by atoms with Crippen molar-refractivity contribution in [2.24, 2.45) is 0 Å². The molecule has 1 aliphatic rings. The average Bonchev–Trinajstić information content (AvgIpc) is 2.64. The number of ether oxygens (including phenoxy) is 2. The predicted molar refractivity (Wildman–Crippen MR) is 84.1 cm³/mol. The Labute approximate surface area is 127 Å². The quantitative estimate of drug-likeness (QED) is 0.596. The molecule has 1 aromatic rings. The molecule has 0 aromatic heterocycles. The third kappa shape index (κ3) is 3.79. The van der Waals surface area contributed by atoms with Gasteiger partial charge >= 0.3 is 7.12 Å². The molecular formula is C16H25BO4. The molecule has 0 spiro atoms. The smallest absolute Gasteiger partial charge is 0.494 e. The van der Waals surface area contributed by atoms with Crippen molar-refractivity contribution >= 4 is 12.6 Å². The van der Waals surface area contributed by atoms with E-state index in [9.17, 15) is 0 Å². The molecule has 0 bridgehead atoms. The Morgan fingerprint density at radius 1 is 0.952 bits per heavy atom. The zero-order chi connectivity index (χ0) is 15.5. The fourth-order valence-electron chi connectivity index (χ4n) is 2.09. The highest BCUT2D eigenvalue weighted by Crippen LogP contribution is 2.36. The normalized spacial score (nSPS) is 19.8. The zero-order valence-corrected chi connectivity index (χ0v) is 13.6. The number of hydrogen-bond acceptors (Lipinski definition) is 4. The molecule has 1 saturated heterocycles. The molecule has 0 radical (unpaired) electrons. The topological polar surface area (TPSA) is 36.9 Å². The largest absolute Gasteiger partial charge is 0.494 e. The van der Waals surface area contributed by atoms with E-state index in [1.165, 1.54) is 0 Å². The van der Waals surface area contributed by atoms with Crippen LogP contribution in [0.2, 0.25) is 0 Å². The lowest BCUT2D eigenvalue weighted by molar-refractivity contribution is 0.00578. The fraction of sp³-hybridized carbons (Fsp3) is 0.625. The summed E-state index contributed by atoms with van der Waals surface area (Å²) in [7, 11) is 1.37. The molecule has 116 valence electrons. The van der Waals surface area contributed by atoms with Gasteiger partial charge in [0.1, 0.15) is 5.75 Å². The van der Waals surface area contributed by atoms with E-state index in [1.807, 2.05) is 24.3 Å². The Kier molecular flexibility index (Phi) is 4.97. The van der Waals surface area contributed by atoms with Gasteiger partial charge < -0.3 is 18.8 Å². The number of hydrogen-bond donors (Lipinski definition) is 0. The second kappa shape index (κ2) is 6.38. The molecule has 1 fully saturated rings. The van der Waals surface area contributed by atoms with Crippen LogP contribution in [-0.4, -0.2) is 38.6 Å². The summed E-state index contributed by atoms with van der Waals surface area (Å²) >= 11 is 0. The van der Waals surface area contributed by atoms with E-state index in [2.05, 4.69) is 27.7 Å². The van der Waals surface area contributed by atoms with Crippen molar-refractivity contribution in [2.45, 2.75) is 45.3 Å². The Morgan fingerprint density at radius 2 is 1.52 bits per heavy atom. The van der Waals surface area contributed by atoms with Crippen LogP contribution in [0.1, 0.15) is 34.1 Å². The minimum Gasteiger partial charge on any atom is -0.494 e. The Morgan fingerprint density at radius 3 is 2.05 bits per heavy atom. The van der Waals surface area contributed by atoms with Gasteiger partial charge in [-0.15, -0.1) is 0 Å². The molecule has 0 amide bonds. The van der Waals surface area contributed by atoms with Crippen molar-refractivity contribution in [3.05, 3.63) is 24.3 Å². The van der Waals surface area contributed by atoms with Crippen molar-refractivity contribution < 1.29 is 18.8 Å². The van der Waals surface area contributed by atoms with Gasteiger partial charge in [-0.1, -0.05) is 12.1 Å². The molecule has 1 aliphatic heterocycles. The average molecular weight is 292 g/mol. The molecule has 2 rings (SSSR count). The lowest BCUT2D eigenvalue weighted by Gasteiger charge is -2.32. The minimum absolute atomic E-state index is 0.313. The van der Waals surface area contributed by atoms with Crippen molar-refractivity contribution in [2.75, 3.05) is 20.3 Å². The first-order valence-corrected chi connectivity index (χ1v) is 7.43. The molecule has 21 heavy (non-hydrogen) atoms. The van der Waals surface area contributed by atoms with E-state index >= 15 is 0 Å². The fourth-order valence-corrected chi connectivity index (χ4v) is 2.09. The van der Waals surface area contributed by atoms with Crippen molar-refractivity contribution in [3.63, 3.8) is 0 Å². The second-order valence-electron chi connectivity index (χ2n) is 6.35. The van der Waals surface area contributed by atoms with Crippen molar-refractivity contribution in [1.29, 1.82) is 0 Å². The van der Waals surface area contributed by atoms with Crippen LogP contribution in [0.3, 0.4) is 0 Å². The van der Waals surface area contributed by atoms with Gasteiger partial charge in [0.05, 0.1) is 17.8 Å². The SMILES string of the molecule is COCCCOc1ccc(B2OC(C)(C)C(C)(C)O2)cc1. The van der Waals surface area contributed by atoms with Gasteiger partial charge in [0, 0.05) is 20.1 Å². The molecule has 0 saturated carbocycles. The molecule has 0 N–H and O–H groups in total. The summed E-state index contributed by atoms with van der Waals surface area (Å²) in [6.07, 6.45) is 0.884. The highest BCUT2D eigenvalue weighted by Gasteiger charge is 2.51. The van der Waals surface area contributed by atoms with E-state index in [0.29, 0.717) is 13.2 Å². The summed E-state index contributed by atoms with van der Waals surface area (Å²) in [5.41, 5.74) is 0.387. The van der Waals surface area contributed by atoms with E-state index in [1.54, 1.807) is 7.11 Å². The summed E-state index contributed by atoms with van der Waals surface area (Å²) in [5.74, 6) is 0.853. The molecule has 4 nitrogen and oxygen atoms in total. The Balaban J connectivity index is 1.94. The zero-order valence-electron chi connectivity index (χ0n) is 13.6. The molecule has 1 heterocycles. The second-order valence-corrected chi connectivity index (χ2v) is 6.35. The van der Waals surface area contributed by atoms with E-state index in [-0.39, 0.29) is 18.3 Å². The predicted octanol–water partition coefficient (Wildman–Crippen LogP) is 2.40. The lowest BCUT2D eigenvalue weighted by atomic mass is 9.79. The molecule has 0 unspecified atom stereocenters. The third-order valence-electron chi connectivity index (χ3n) is 4.17. The summed E-state index contributed by atoms with van der Waals surface area (Å²) in [4.78, 5) is 0. The van der Waals surface area contributed by atoms with Gasteiger partial charge in [0.25, 0.3) is 0 Å². The van der Waals surface area contributed by atoms with Crippen LogP contribution >= 0.6 is 0 Å². The number of methoxy groups -OCH3 is 1. The van der Waals surface area contributed by atoms with Gasteiger partial charge in [-0.25, -0.2) is 0 Å². The summed E-state index contributed by atoms with van der Waals surface area (Å²) in [6, 6.07) is 7.89. The van der Waals surface area contributed by atoms with Crippen LogP contribution < -0.4 is 10.2 Å². The molecular weight excluding hydrogens is 267 g/mol. The third-order valence-corrected chi connectivity index (χ3v) is 4.17. The monoisotopic (exact) mass is 292 g/mol. The van der Waals surface area contributed by atoms with Gasteiger partial charge in [-0.3, -0.25) is 0 Å². The first-order chi connectivity index (χ1) is 9.86. The molecule has 0 aliphatic carbocycles. The van der Waals surface area contributed by atoms with Crippen LogP contribution in [0.5, 0.6) is 5.75 Å². The lowest BCUT2D eigenvalue weighted by Crippen LogP contribution is -2.41. The van der Waals surface area contributed by atoms with E-state index in [0.717, 1.165) is 17.6 Å². The van der Waals surface area contributed by atoms with Crippen LogP contribution in [0.25, 0.3) is 0 Å². The van der Waals surface area contributed by atoms with Crippen molar-refractivity contribution in [3.8, 4) is 5.75 Å². The molecule has 0 atom stereocenters. The minimum atomic E-state index is -0.322. The summed E-state index contributed by atoms with van der Waals surface area (Å²) in [6.45, 7) is 9.59.